The number of aromatic nitrogens is 5. The third kappa shape index (κ3) is 15.6. The van der Waals surface area contributed by atoms with Crippen molar-refractivity contribution in [3.05, 3.63) is 82.4 Å². The van der Waals surface area contributed by atoms with Crippen LogP contribution < -0.4 is 49.9 Å². The number of imidazole rings is 1. The van der Waals surface area contributed by atoms with E-state index in [0.29, 0.717) is 56.4 Å². The molecule has 6 aliphatic rings. The standard InChI is InChI=1S/C65H91N16O15P.CN.Co/c1-30-20-40-42(21-31(30)2)81(29-73-40)59-54(89)55(43(94-59)28-93-60(90)41-27-74-80-79-41)96-97(91,92)95-32(3)26-72-51(88)18-19-62(8)38(22-48(69)85)58-65(11)64(10,25-50(71)87)37(14-17-47(68)84)53(78-65)34(5)57-63(9,24-49(70)86)35(12-15-45(66)82)39(75-57)23-44-61(6,7)36(13-16-46(67)83)52(76-44)33(4)56(62)77-58;1-2;/h20-21,23,27,29,32,35-38,43,54-55,58-59,75,89H,12-19,22,24-26,28H2,1-11H3,(H2,66,82)(H2,67,83)(H2,68,84)(H2,69,85)(H2,70,86)(H2,71,87)(H,72,88)(H,91,92)(H,74,79,80);;/q;-1;+2/p-1/b39-23-,52-33-,57-34-;;/t32-,35-,36-,37-,38+,43-,54-,55-,58-,59+,62-,63+,64+,65+;;/m1../s1. The van der Waals surface area contributed by atoms with Gasteiger partial charge in [0.25, 0.3) is 7.82 Å². The number of phosphoric ester groups is 1. The smallest absolute Gasteiger partial charge is 0.756 e. The molecule has 7 amide bonds. The van der Waals surface area contributed by atoms with Crippen LogP contribution in [0.25, 0.3) is 11.0 Å². The Morgan fingerprint density at radius 1 is 0.830 bits per heavy atom. The summed E-state index contributed by atoms with van der Waals surface area (Å²) in [4.78, 5) is 142. The van der Waals surface area contributed by atoms with Gasteiger partial charge in [0.05, 0.1) is 41.2 Å². The van der Waals surface area contributed by atoms with Crippen molar-refractivity contribution in [1.29, 1.82) is 5.26 Å². The van der Waals surface area contributed by atoms with Crippen LogP contribution in [0.2, 0.25) is 0 Å². The van der Waals surface area contributed by atoms with Crippen molar-refractivity contribution < 1.29 is 88.2 Å². The number of esters is 1. The van der Waals surface area contributed by atoms with Crippen LogP contribution in [0.4, 0.5) is 0 Å². The summed E-state index contributed by atoms with van der Waals surface area (Å²) in [5, 5.41) is 34.1. The monoisotopic (exact) mass is 1450 g/mol. The molecule has 15 atom stereocenters. The van der Waals surface area contributed by atoms with Gasteiger partial charge in [-0.15, -0.1) is 5.10 Å². The average Bonchev–Trinajstić information content (AvgIpc) is 1.53. The SMILES string of the molecule is C/C1=C2N=C(/C=C3\N/C(=C(/C)C4=N[C@@](C)([C@@H]5N=C1[C@](C)(CCC(=O)NC[C@@H](C)OP(=O)([O-])O[C@H]1[C@@H](O)[C@@H](n6cnc7cc(C)c(C)cc76)O[C@@H]1COC(=O)c1cn[nH]n1)[C@H]5CC(N)=O)[C@@](C)(CC(N)=O)[C@@H]4CCC(N)=O)[C@@](C)(CC(N)=O)[C@@H]3CCC(N)=O)C(C)(C)[C@@H]/2CCC(N)=O.[C-]#N.[Co+2]. The van der Waals surface area contributed by atoms with Crippen LogP contribution in [0.1, 0.15) is 161 Å². The van der Waals surface area contributed by atoms with Crippen molar-refractivity contribution in [3.8, 4) is 0 Å². The number of phosphoric acid groups is 1. The first kappa shape index (κ1) is 79.0. The van der Waals surface area contributed by atoms with Crippen molar-refractivity contribution in [2.75, 3.05) is 13.2 Å². The number of amides is 7. The van der Waals surface area contributed by atoms with Crippen LogP contribution in [0.15, 0.2) is 73.9 Å². The van der Waals surface area contributed by atoms with E-state index in [2.05, 4.69) is 31.0 Å². The van der Waals surface area contributed by atoms with Crippen LogP contribution in [-0.2, 0) is 73.4 Å². The van der Waals surface area contributed by atoms with Crippen molar-refractivity contribution >= 4 is 83.3 Å². The molecule has 0 saturated carbocycles. The topological polar surface area (TPSA) is 534 Å². The zero-order chi connectivity index (χ0) is 73.4. The number of aliphatic imine (C=N–C) groups is 3. The third-order valence-electron chi connectivity index (χ3n) is 21.4. The zero-order valence-corrected chi connectivity index (χ0v) is 59.8. The van der Waals surface area contributed by atoms with Crippen molar-refractivity contribution in [1.82, 2.24) is 35.6 Å². The number of aliphatic hydroxyl groups excluding tert-OH is 1. The summed E-state index contributed by atoms with van der Waals surface area (Å²) in [6.07, 6.45) is -4.16. The Hall–Kier alpha value is -8.35. The van der Waals surface area contributed by atoms with Gasteiger partial charge in [-0.25, -0.2) is 9.78 Å². The molecule has 8 bridgehead atoms. The fraction of sp³-hybridized carbons (Fsp3) is 0.591. The average molecular weight is 1450 g/mol. The van der Waals surface area contributed by atoms with Gasteiger partial charge in [-0.2, -0.15) is 10.3 Å². The van der Waals surface area contributed by atoms with E-state index in [1.807, 2.05) is 80.5 Å². The number of rotatable bonds is 28. The molecular formula is C66H90CoN17O15P. The van der Waals surface area contributed by atoms with E-state index in [0.717, 1.165) is 17.3 Å². The zero-order valence-electron chi connectivity index (χ0n) is 57.8. The molecule has 34 heteroatoms. The maximum atomic E-state index is 14.5. The van der Waals surface area contributed by atoms with Crippen molar-refractivity contribution in [3.63, 3.8) is 0 Å². The quantitative estimate of drug-likeness (QED) is 0.0284. The van der Waals surface area contributed by atoms with Gasteiger partial charge in [0.2, 0.25) is 41.4 Å². The van der Waals surface area contributed by atoms with Crippen LogP contribution in [0.5, 0.6) is 0 Å². The van der Waals surface area contributed by atoms with Gasteiger partial charge in [0, 0.05) is 131 Å². The Labute approximate surface area is 589 Å². The maximum Gasteiger partial charge on any atom is 2.00 e. The molecule has 16 N–H and O–H groups in total. The van der Waals surface area contributed by atoms with E-state index in [1.54, 1.807) is 6.92 Å². The number of hydrogen-bond donors (Lipinski definition) is 10. The molecule has 100 heavy (non-hydrogen) atoms. The predicted octanol–water partition coefficient (Wildman–Crippen LogP) is 2.61. The largest absolute Gasteiger partial charge is 2.00 e. The van der Waals surface area contributed by atoms with Crippen molar-refractivity contribution in [2.45, 2.75) is 189 Å². The van der Waals surface area contributed by atoms with Gasteiger partial charge in [0.1, 0.15) is 24.9 Å². The number of carbonyl (C=O) groups is 8. The number of primary amides is 6. The van der Waals surface area contributed by atoms with Gasteiger partial charge in [0.15, 0.2) is 11.9 Å². The van der Waals surface area contributed by atoms with Crippen LogP contribution in [0.3, 0.4) is 0 Å². The molecule has 543 valence electrons. The predicted molar refractivity (Wildman–Crippen MR) is 356 cm³/mol. The van der Waals surface area contributed by atoms with E-state index < -0.39 is 156 Å². The number of aromatic amines is 1. The van der Waals surface area contributed by atoms with E-state index in [-0.39, 0.29) is 93.1 Å². The third-order valence-corrected chi connectivity index (χ3v) is 22.5. The summed E-state index contributed by atoms with van der Waals surface area (Å²) in [7, 11) is -5.46. The van der Waals surface area contributed by atoms with Gasteiger partial charge in [-0.1, -0.05) is 34.6 Å². The van der Waals surface area contributed by atoms with Crippen LogP contribution >= 0.6 is 7.82 Å². The summed E-state index contributed by atoms with van der Waals surface area (Å²) >= 11 is 0. The molecule has 2 saturated heterocycles. The molecule has 2 fully saturated rings. The minimum Gasteiger partial charge on any atom is -0.756 e. The second-order valence-corrected chi connectivity index (χ2v) is 29.6. The van der Waals surface area contributed by atoms with E-state index >= 15 is 0 Å². The number of aliphatic hydroxyl groups is 1. The fourth-order valence-corrected chi connectivity index (χ4v) is 17.1. The molecule has 1 unspecified atom stereocenters. The van der Waals surface area contributed by atoms with Gasteiger partial charge in [-0.3, -0.25) is 53.1 Å². The number of fused-ring (bicyclic) bond motifs is 7. The number of carbonyl (C=O) groups excluding carboxylic acids is 8. The number of nitrogens with one attached hydrogen (secondary N) is 3. The number of nitrogens with zero attached hydrogens (tertiary/aromatic N) is 8. The molecule has 32 nitrogen and oxygen atoms in total. The summed E-state index contributed by atoms with van der Waals surface area (Å²) in [5.74, 6) is -8.35. The number of ether oxygens (including phenoxy) is 2. The fourth-order valence-electron chi connectivity index (χ4n) is 15.9. The molecule has 3 aromatic rings. The molecule has 8 heterocycles. The molecule has 9 rings (SSSR count). The number of aryl methyl sites for hydroxylation is 2. The number of hydrogen-bond acceptors (Lipinski definition) is 23. The number of H-pyrrole nitrogens is 1. The number of benzene rings is 1. The number of nitrogens with two attached hydrogens (primary N) is 6. The van der Waals surface area contributed by atoms with Gasteiger partial charge >= 0.3 is 22.7 Å². The van der Waals surface area contributed by atoms with Crippen LogP contribution in [0, 0.1) is 71.0 Å². The molecule has 0 aliphatic carbocycles. The number of allylic oxidation sites excluding steroid dienone is 6. The summed E-state index contributed by atoms with van der Waals surface area (Å²) in [6, 6.07) is 2.60. The summed E-state index contributed by atoms with van der Waals surface area (Å²) < 4.78 is 38.1. The molecule has 6 aliphatic heterocycles. The molecule has 1 radical (unpaired) electrons. The van der Waals surface area contributed by atoms with E-state index in [4.69, 9.17) is 79.7 Å². The Bertz CT molecular complexity index is 4010. The molecular weight excluding hydrogens is 1360 g/mol. The molecule has 0 spiro atoms. The summed E-state index contributed by atoms with van der Waals surface area (Å²) in [5.41, 5.74) is 36.8. The van der Waals surface area contributed by atoms with E-state index in [1.165, 1.54) is 17.8 Å². The van der Waals surface area contributed by atoms with E-state index in [9.17, 15) is 52.9 Å². The Balaban J connectivity index is 0.00000464. The maximum absolute atomic E-state index is 14.5. The molecule has 1 aromatic carbocycles. The second kappa shape index (κ2) is 30.5. The Morgan fingerprint density at radius 3 is 2.03 bits per heavy atom. The van der Waals surface area contributed by atoms with Crippen LogP contribution in [-0.4, -0.2) is 144 Å². The minimum absolute atomic E-state index is 0. The first-order valence-electron chi connectivity index (χ1n) is 32.6. The normalized spacial score (nSPS) is 31.6. The van der Waals surface area contributed by atoms with Gasteiger partial charge < -0.3 is 90.0 Å². The Morgan fingerprint density at radius 2 is 1.44 bits per heavy atom. The summed E-state index contributed by atoms with van der Waals surface area (Å²) in [6.45, 7) is 23.8. The first-order chi connectivity index (χ1) is 46.3. The Kier molecular flexibility index (Phi) is 24.1. The molecule has 2 aromatic heterocycles. The second-order valence-electron chi connectivity index (χ2n) is 28.3. The minimum atomic E-state index is -5.46. The van der Waals surface area contributed by atoms with Gasteiger partial charge in [-0.05, 0) is 108 Å². The van der Waals surface area contributed by atoms with Crippen molar-refractivity contribution in [2.24, 2.45) is 94.7 Å². The first-order valence-corrected chi connectivity index (χ1v) is 34.1.